The maximum atomic E-state index is 11.4. The fraction of sp³-hybridized carbons (Fsp3) is 0.200. The highest BCUT2D eigenvalue weighted by Gasteiger charge is 2.33. The second kappa shape index (κ2) is 8.96. The molecule has 1 aliphatic rings. The summed E-state index contributed by atoms with van der Waals surface area (Å²) >= 11 is 1.47. The Morgan fingerprint density at radius 2 is 1.85 bits per heavy atom. The van der Waals surface area contributed by atoms with Crippen LogP contribution >= 0.6 is 11.3 Å². The van der Waals surface area contributed by atoms with Gasteiger partial charge in [0.15, 0.2) is 6.61 Å². The first-order valence-corrected chi connectivity index (χ1v) is 12.0. The molecule has 11 nitrogen and oxygen atoms in total. The van der Waals surface area contributed by atoms with Crippen LogP contribution in [0.25, 0.3) is 0 Å². The highest BCUT2D eigenvalue weighted by Crippen LogP contribution is 2.32. The van der Waals surface area contributed by atoms with E-state index < -0.39 is 28.9 Å². The lowest BCUT2D eigenvalue weighted by molar-refractivity contribution is -0.139. The van der Waals surface area contributed by atoms with Crippen molar-refractivity contribution in [1.82, 2.24) is 15.8 Å². The Bertz CT molecular complexity index is 1260. The zero-order chi connectivity index (χ0) is 23.8. The number of benzene rings is 2. The van der Waals surface area contributed by atoms with E-state index in [1.165, 1.54) is 23.5 Å². The van der Waals surface area contributed by atoms with Crippen LogP contribution in [0.3, 0.4) is 0 Å². The van der Waals surface area contributed by atoms with Crippen molar-refractivity contribution in [3.05, 3.63) is 64.7 Å². The summed E-state index contributed by atoms with van der Waals surface area (Å²) in [7, 11) is -4.32. The number of aliphatic carboxylic acids is 1. The highest BCUT2D eigenvalue weighted by atomic mass is 32.2. The molecular weight excluding hydrogens is 470 g/mol. The van der Waals surface area contributed by atoms with E-state index in [0.717, 1.165) is 16.1 Å². The van der Waals surface area contributed by atoms with Crippen LogP contribution in [0.2, 0.25) is 0 Å². The molecular formula is C20H21N5O6S2. The number of ether oxygens (including phenoxy) is 1. The number of anilines is 2. The van der Waals surface area contributed by atoms with Crippen molar-refractivity contribution in [3.63, 3.8) is 0 Å². The molecule has 0 aliphatic carbocycles. The van der Waals surface area contributed by atoms with E-state index in [-0.39, 0.29) is 4.90 Å². The molecule has 13 heteroatoms. The van der Waals surface area contributed by atoms with Crippen LogP contribution in [0.15, 0.2) is 53.4 Å². The number of hydrazine groups is 3. The van der Waals surface area contributed by atoms with E-state index >= 15 is 0 Å². The van der Waals surface area contributed by atoms with E-state index in [1.807, 2.05) is 19.9 Å². The summed E-state index contributed by atoms with van der Waals surface area (Å²) in [5.41, 5.74) is 8.82. The number of hydrogen-bond acceptors (Lipinski definition) is 10. The zero-order valence-corrected chi connectivity index (χ0v) is 19.2. The minimum absolute atomic E-state index is 0.217. The van der Waals surface area contributed by atoms with Crippen molar-refractivity contribution in [2.45, 2.75) is 24.9 Å². The summed E-state index contributed by atoms with van der Waals surface area (Å²) in [6, 6.07) is 12.7. The van der Waals surface area contributed by atoms with E-state index in [2.05, 4.69) is 15.8 Å². The smallest absolute Gasteiger partial charge is 0.341 e. The van der Waals surface area contributed by atoms with Crippen molar-refractivity contribution in [3.8, 4) is 5.75 Å². The van der Waals surface area contributed by atoms with Crippen LogP contribution in [0, 0.1) is 13.8 Å². The summed E-state index contributed by atoms with van der Waals surface area (Å²) < 4.78 is 37.4. The van der Waals surface area contributed by atoms with Crippen LogP contribution in [0.5, 0.6) is 5.75 Å². The summed E-state index contributed by atoms with van der Waals surface area (Å²) in [6.07, 6.45) is -0.441. The lowest BCUT2D eigenvalue weighted by Gasteiger charge is -2.26. The fourth-order valence-electron chi connectivity index (χ4n) is 3.10. The predicted octanol–water partition coefficient (Wildman–Crippen LogP) is 2.42. The van der Waals surface area contributed by atoms with Crippen molar-refractivity contribution < 1.29 is 27.6 Å². The third kappa shape index (κ3) is 5.07. The van der Waals surface area contributed by atoms with Gasteiger partial charge in [-0.2, -0.15) is 29.5 Å². The van der Waals surface area contributed by atoms with Gasteiger partial charge in [0, 0.05) is 4.88 Å². The molecule has 3 aromatic rings. The minimum atomic E-state index is -4.32. The average molecular weight is 492 g/mol. The van der Waals surface area contributed by atoms with Crippen LogP contribution < -0.4 is 25.8 Å². The number of aryl methyl sites for hydroxylation is 2. The van der Waals surface area contributed by atoms with E-state index in [0.29, 0.717) is 16.6 Å². The first kappa shape index (κ1) is 22.9. The van der Waals surface area contributed by atoms with Crippen molar-refractivity contribution >= 4 is 38.2 Å². The number of rotatable bonds is 7. The quantitative estimate of drug-likeness (QED) is 0.362. The Balaban J connectivity index is 1.66. The molecule has 0 radical (unpaired) electrons. The first-order chi connectivity index (χ1) is 15.6. The van der Waals surface area contributed by atoms with Gasteiger partial charge in [-0.1, -0.05) is 23.5 Å². The maximum absolute atomic E-state index is 11.4. The van der Waals surface area contributed by atoms with Gasteiger partial charge >= 0.3 is 5.97 Å². The Hall–Kier alpha value is -3.23. The summed E-state index contributed by atoms with van der Waals surface area (Å²) in [5.74, 6) is -0.667. The zero-order valence-electron chi connectivity index (χ0n) is 17.6. The Morgan fingerprint density at radius 1 is 1.15 bits per heavy atom. The lowest BCUT2D eigenvalue weighted by Crippen LogP contribution is -2.45. The molecule has 2 aromatic carbocycles. The molecule has 1 aromatic heterocycles. The van der Waals surface area contributed by atoms with Crippen LogP contribution in [-0.2, 0) is 14.9 Å². The van der Waals surface area contributed by atoms with Gasteiger partial charge in [-0.3, -0.25) is 4.55 Å². The molecule has 174 valence electrons. The largest absolute Gasteiger partial charge is 0.482 e. The molecule has 1 unspecified atom stereocenters. The molecule has 33 heavy (non-hydrogen) atoms. The molecule has 0 saturated carbocycles. The number of hydrogen-bond donors (Lipinski definition) is 4. The van der Waals surface area contributed by atoms with E-state index in [9.17, 15) is 17.8 Å². The molecule has 0 amide bonds. The van der Waals surface area contributed by atoms with Gasteiger partial charge in [-0.25, -0.2) is 9.78 Å². The van der Waals surface area contributed by atoms with Crippen LogP contribution in [0.4, 0.5) is 10.8 Å². The van der Waals surface area contributed by atoms with Crippen molar-refractivity contribution in [2.24, 2.45) is 0 Å². The third-order valence-corrected chi connectivity index (χ3v) is 6.75. The monoisotopic (exact) mass is 491 g/mol. The topological polar surface area (TPSA) is 144 Å². The Labute approximate surface area is 193 Å². The van der Waals surface area contributed by atoms with Crippen LogP contribution in [-0.4, -0.2) is 35.6 Å². The molecule has 0 bridgehead atoms. The normalized spacial score (nSPS) is 16.3. The fourth-order valence-corrected chi connectivity index (χ4v) is 4.45. The number of aromatic nitrogens is 1. The molecule has 1 saturated heterocycles. The number of carbonyl (C=O) groups is 1. The van der Waals surface area contributed by atoms with Gasteiger partial charge in [-0.15, -0.1) is 0 Å². The van der Waals surface area contributed by atoms with Crippen molar-refractivity contribution in [1.29, 1.82) is 0 Å². The minimum Gasteiger partial charge on any atom is -0.482 e. The average Bonchev–Trinajstić information content (AvgIpc) is 3.36. The molecule has 1 fully saturated rings. The number of thiazole rings is 1. The number of nitrogens with zero attached hydrogens (tertiary/aromatic N) is 3. The third-order valence-electron chi connectivity index (χ3n) is 4.83. The molecule has 1 aliphatic heterocycles. The van der Waals surface area contributed by atoms with Gasteiger partial charge < -0.3 is 9.84 Å². The maximum Gasteiger partial charge on any atom is 0.341 e. The van der Waals surface area contributed by atoms with Gasteiger partial charge in [0.1, 0.15) is 11.9 Å². The molecule has 0 spiro atoms. The SMILES string of the molecule is Cc1nc(N2NC(c3cccc(OCC(=O)O)c3)NN2c2ccc(S(=O)(=O)O)cc2)sc1C. The highest BCUT2D eigenvalue weighted by molar-refractivity contribution is 7.85. The second-order valence-electron chi connectivity index (χ2n) is 7.18. The summed E-state index contributed by atoms with van der Waals surface area (Å²) in [4.78, 5) is 16.2. The van der Waals surface area contributed by atoms with Gasteiger partial charge in [0.2, 0.25) is 5.13 Å². The van der Waals surface area contributed by atoms with Gasteiger partial charge in [0.25, 0.3) is 10.1 Å². The molecule has 2 heterocycles. The van der Waals surface area contributed by atoms with E-state index in [1.54, 1.807) is 40.6 Å². The lowest BCUT2D eigenvalue weighted by atomic mass is 10.2. The molecule has 4 N–H and O–H groups in total. The van der Waals surface area contributed by atoms with Crippen LogP contribution in [0.1, 0.15) is 22.3 Å². The van der Waals surface area contributed by atoms with Gasteiger partial charge in [0.05, 0.1) is 16.3 Å². The Morgan fingerprint density at radius 3 is 2.45 bits per heavy atom. The first-order valence-electron chi connectivity index (χ1n) is 9.70. The Kier molecular flexibility index (Phi) is 6.23. The predicted molar refractivity (Wildman–Crippen MR) is 121 cm³/mol. The molecule has 4 rings (SSSR count). The number of carboxylic acids is 1. The molecule has 1 atom stereocenters. The second-order valence-corrected chi connectivity index (χ2v) is 9.78. The van der Waals surface area contributed by atoms with Gasteiger partial charge in [-0.05, 0) is 55.8 Å². The van der Waals surface area contributed by atoms with Crippen molar-refractivity contribution in [2.75, 3.05) is 16.8 Å². The van der Waals surface area contributed by atoms with E-state index in [4.69, 9.17) is 9.84 Å². The summed E-state index contributed by atoms with van der Waals surface area (Å²) in [6.45, 7) is 3.42. The standard InChI is InChI=1S/C20H21N5O6S2/c1-12-13(2)32-20(21-12)25-23-19(14-4-3-5-16(10-14)31-11-18(26)27)22-24(25)15-6-8-17(9-7-15)33(28,29)30/h3-10,19,22-23H,11H2,1-2H3,(H,26,27)(H,28,29,30). The number of carboxylic acid groups (broad SMARTS) is 1. The summed E-state index contributed by atoms with van der Waals surface area (Å²) in [5, 5.41) is 12.9. The number of nitrogens with one attached hydrogen (secondary N) is 2.